The molecule has 1 aromatic carbocycles. The molecule has 0 fully saturated rings. The lowest BCUT2D eigenvalue weighted by molar-refractivity contribution is 0.697. The summed E-state index contributed by atoms with van der Waals surface area (Å²) in [5.74, 6) is 1.28. The molecular weight excluding hydrogens is 411 g/mol. The summed E-state index contributed by atoms with van der Waals surface area (Å²) < 4.78 is 0. The van der Waals surface area contributed by atoms with Crippen LogP contribution in [0.15, 0.2) is 53.8 Å². The molecule has 0 spiro atoms. The lowest BCUT2D eigenvalue weighted by Crippen LogP contribution is -2.39. The van der Waals surface area contributed by atoms with Crippen LogP contribution < -0.4 is 10.6 Å². The maximum absolute atomic E-state index is 4.28. The van der Waals surface area contributed by atoms with Crippen molar-refractivity contribution >= 4 is 29.9 Å². The summed E-state index contributed by atoms with van der Waals surface area (Å²) in [7, 11) is 1.80. The molecule has 0 aliphatic rings. The Bertz CT molecular complexity index is 611. The van der Waals surface area contributed by atoms with Crippen molar-refractivity contribution in [2.45, 2.75) is 26.2 Å². The first-order valence-corrected chi connectivity index (χ1v) is 8.09. The standard InChI is InChI=1S/C19H26N4.HI/c1-15-6-8-18(9-7-15)16(2)13-23-19(20-3)22-12-10-17-5-4-11-21-14-17;/h4-9,11,14,16H,10,12-13H2,1-3H3,(H2,20,22,23);1H. The fourth-order valence-electron chi connectivity index (χ4n) is 2.35. The van der Waals surface area contributed by atoms with Gasteiger partial charge in [-0.1, -0.05) is 42.8 Å². The van der Waals surface area contributed by atoms with Crippen molar-refractivity contribution in [3.05, 3.63) is 65.5 Å². The SMILES string of the molecule is CN=C(NCCc1cccnc1)NCC(C)c1ccc(C)cc1.I. The molecule has 0 saturated carbocycles. The predicted octanol–water partition coefficient (Wildman–Crippen LogP) is 3.52. The highest BCUT2D eigenvalue weighted by atomic mass is 127. The summed E-state index contributed by atoms with van der Waals surface area (Å²) in [4.78, 5) is 8.41. The van der Waals surface area contributed by atoms with Crippen molar-refractivity contribution in [1.82, 2.24) is 15.6 Å². The van der Waals surface area contributed by atoms with Crippen LogP contribution in [0.2, 0.25) is 0 Å². The van der Waals surface area contributed by atoms with Gasteiger partial charge < -0.3 is 10.6 Å². The van der Waals surface area contributed by atoms with E-state index in [0.29, 0.717) is 5.92 Å². The van der Waals surface area contributed by atoms with Gasteiger partial charge in [-0.2, -0.15) is 0 Å². The van der Waals surface area contributed by atoms with Gasteiger partial charge in [-0.25, -0.2) is 0 Å². The molecule has 0 amide bonds. The quantitative estimate of drug-likeness (QED) is 0.412. The highest BCUT2D eigenvalue weighted by molar-refractivity contribution is 14.0. The van der Waals surface area contributed by atoms with E-state index in [1.165, 1.54) is 16.7 Å². The molecule has 1 aromatic heterocycles. The minimum Gasteiger partial charge on any atom is -0.356 e. The van der Waals surface area contributed by atoms with Crippen molar-refractivity contribution in [1.29, 1.82) is 0 Å². The van der Waals surface area contributed by atoms with E-state index in [9.17, 15) is 0 Å². The van der Waals surface area contributed by atoms with Gasteiger partial charge in [-0.3, -0.25) is 9.98 Å². The summed E-state index contributed by atoms with van der Waals surface area (Å²) in [5.41, 5.74) is 3.86. The zero-order valence-electron chi connectivity index (χ0n) is 14.6. The van der Waals surface area contributed by atoms with Crippen LogP contribution in [0.1, 0.15) is 29.5 Å². The molecule has 1 atom stereocenters. The third kappa shape index (κ3) is 6.86. The fourth-order valence-corrected chi connectivity index (χ4v) is 2.35. The molecule has 2 N–H and O–H groups in total. The number of rotatable bonds is 6. The van der Waals surface area contributed by atoms with Gasteiger partial charge in [0.05, 0.1) is 0 Å². The Hall–Kier alpha value is -1.63. The number of aliphatic imine (C=N–C) groups is 1. The molecule has 1 unspecified atom stereocenters. The van der Waals surface area contributed by atoms with E-state index < -0.39 is 0 Å². The number of guanidine groups is 1. The summed E-state index contributed by atoms with van der Waals surface area (Å²) >= 11 is 0. The minimum absolute atomic E-state index is 0. The van der Waals surface area contributed by atoms with Gasteiger partial charge in [0, 0.05) is 32.5 Å². The molecule has 0 aliphatic heterocycles. The van der Waals surface area contributed by atoms with Gasteiger partial charge in [-0.15, -0.1) is 24.0 Å². The number of aryl methyl sites for hydroxylation is 1. The molecule has 0 saturated heterocycles. The summed E-state index contributed by atoms with van der Waals surface area (Å²) in [6, 6.07) is 12.8. The van der Waals surface area contributed by atoms with Crippen LogP contribution >= 0.6 is 24.0 Å². The smallest absolute Gasteiger partial charge is 0.191 e. The number of halogens is 1. The lowest BCUT2D eigenvalue weighted by atomic mass is 10.0. The third-order valence-corrected chi connectivity index (χ3v) is 3.87. The first-order chi connectivity index (χ1) is 11.2. The Morgan fingerprint density at radius 1 is 1.17 bits per heavy atom. The van der Waals surface area contributed by atoms with E-state index in [0.717, 1.165) is 25.5 Å². The fraction of sp³-hybridized carbons (Fsp3) is 0.368. The number of hydrogen-bond acceptors (Lipinski definition) is 2. The summed E-state index contributed by atoms with van der Waals surface area (Å²) in [5, 5.41) is 6.74. The average molecular weight is 438 g/mol. The van der Waals surface area contributed by atoms with E-state index in [1.807, 2.05) is 12.3 Å². The molecule has 0 radical (unpaired) electrons. The largest absolute Gasteiger partial charge is 0.356 e. The van der Waals surface area contributed by atoms with Crippen LogP contribution in [-0.4, -0.2) is 31.1 Å². The van der Waals surface area contributed by atoms with Gasteiger partial charge in [0.2, 0.25) is 0 Å². The molecular formula is C19H27IN4. The van der Waals surface area contributed by atoms with Gasteiger partial charge in [0.15, 0.2) is 5.96 Å². The Labute approximate surface area is 162 Å². The molecule has 0 bridgehead atoms. The van der Waals surface area contributed by atoms with Crippen LogP contribution in [0.5, 0.6) is 0 Å². The third-order valence-electron chi connectivity index (χ3n) is 3.87. The minimum atomic E-state index is 0. The van der Waals surface area contributed by atoms with Crippen LogP contribution in [0.4, 0.5) is 0 Å². The number of aromatic nitrogens is 1. The van der Waals surface area contributed by atoms with E-state index in [2.05, 4.69) is 64.8 Å². The summed E-state index contributed by atoms with van der Waals surface area (Å²) in [6.07, 6.45) is 4.63. The van der Waals surface area contributed by atoms with Crippen molar-refractivity contribution < 1.29 is 0 Å². The number of pyridine rings is 1. The number of nitrogens with one attached hydrogen (secondary N) is 2. The molecule has 0 aliphatic carbocycles. The van der Waals surface area contributed by atoms with Crippen LogP contribution in [0.25, 0.3) is 0 Å². The topological polar surface area (TPSA) is 49.3 Å². The second-order valence-electron chi connectivity index (χ2n) is 5.80. The van der Waals surface area contributed by atoms with Crippen LogP contribution in [0.3, 0.4) is 0 Å². The highest BCUT2D eigenvalue weighted by Gasteiger charge is 2.06. The monoisotopic (exact) mass is 438 g/mol. The molecule has 2 aromatic rings. The molecule has 4 nitrogen and oxygen atoms in total. The predicted molar refractivity (Wildman–Crippen MR) is 112 cm³/mol. The van der Waals surface area contributed by atoms with Crippen molar-refractivity contribution in [2.24, 2.45) is 4.99 Å². The molecule has 2 rings (SSSR count). The van der Waals surface area contributed by atoms with E-state index >= 15 is 0 Å². The molecule has 1 heterocycles. The van der Waals surface area contributed by atoms with Crippen LogP contribution in [-0.2, 0) is 6.42 Å². The van der Waals surface area contributed by atoms with Gasteiger partial charge in [-0.05, 0) is 36.5 Å². The Morgan fingerprint density at radius 2 is 1.92 bits per heavy atom. The van der Waals surface area contributed by atoms with Crippen molar-refractivity contribution in [3.63, 3.8) is 0 Å². The maximum atomic E-state index is 4.28. The zero-order valence-corrected chi connectivity index (χ0v) is 17.0. The van der Waals surface area contributed by atoms with E-state index in [-0.39, 0.29) is 24.0 Å². The van der Waals surface area contributed by atoms with Gasteiger partial charge >= 0.3 is 0 Å². The highest BCUT2D eigenvalue weighted by Crippen LogP contribution is 2.14. The second-order valence-corrected chi connectivity index (χ2v) is 5.80. The Balaban J connectivity index is 0.00000288. The van der Waals surface area contributed by atoms with E-state index in [4.69, 9.17) is 0 Å². The van der Waals surface area contributed by atoms with Gasteiger partial charge in [0.1, 0.15) is 0 Å². The second kappa shape index (κ2) is 11.0. The summed E-state index contributed by atoms with van der Waals surface area (Å²) in [6.45, 7) is 6.03. The van der Waals surface area contributed by atoms with Crippen molar-refractivity contribution in [2.75, 3.05) is 20.1 Å². The zero-order chi connectivity index (χ0) is 16.5. The normalized spacial score (nSPS) is 12.2. The molecule has 130 valence electrons. The Kier molecular flexibility index (Phi) is 9.37. The van der Waals surface area contributed by atoms with Crippen molar-refractivity contribution in [3.8, 4) is 0 Å². The number of hydrogen-bond donors (Lipinski definition) is 2. The van der Waals surface area contributed by atoms with Gasteiger partial charge in [0.25, 0.3) is 0 Å². The lowest BCUT2D eigenvalue weighted by Gasteiger charge is -2.16. The van der Waals surface area contributed by atoms with Crippen LogP contribution in [0, 0.1) is 6.92 Å². The maximum Gasteiger partial charge on any atom is 0.191 e. The Morgan fingerprint density at radius 3 is 2.54 bits per heavy atom. The molecule has 24 heavy (non-hydrogen) atoms. The number of nitrogens with zero attached hydrogens (tertiary/aromatic N) is 2. The first-order valence-electron chi connectivity index (χ1n) is 8.09. The molecule has 5 heteroatoms. The van der Waals surface area contributed by atoms with E-state index in [1.54, 1.807) is 13.2 Å². The number of benzene rings is 1. The first kappa shape index (κ1) is 20.4. The average Bonchev–Trinajstić information content (AvgIpc) is 2.59.